The lowest BCUT2D eigenvalue weighted by Gasteiger charge is -2.39. The van der Waals surface area contributed by atoms with Crippen molar-refractivity contribution >= 4 is 24.0 Å². The normalized spacial score (nSPS) is 39.9. The Morgan fingerprint density at radius 1 is 1.16 bits per heavy atom. The first-order valence-electron chi connectivity index (χ1n) is 9.74. The molecule has 0 aromatic heterocycles. The topological polar surface area (TPSA) is 57.2 Å². The molecule has 5 nitrogen and oxygen atoms in total. The molecule has 0 aliphatic carbocycles. The van der Waals surface area contributed by atoms with Gasteiger partial charge in [-0.15, -0.1) is 0 Å². The van der Waals surface area contributed by atoms with E-state index in [4.69, 9.17) is 18.6 Å². The molecule has 0 aromatic rings. The number of hydrogen-bond acceptors (Lipinski definition) is 5. The highest BCUT2D eigenvalue weighted by Crippen LogP contribution is 2.39. The number of ether oxygens (including phenoxy) is 3. The van der Waals surface area contributed by atoms with Crippen molar-refractivity contribution in [3.05, 3.63) is 0 Å². The fraction of sp³-hybridized carbons (Fsp3) is 1.00. The molecule has 0 amide bonds. The maximum Gasteiger partial charge on any atom is 0.192 e. The summed E-state index contributed by atoms with van der Waals surface area (Å²) < 4.78 is 24.5. The minimum atomic E-state index is -1.86. The molecule has 0 radical (unpaired) electrons. The Hall–Kier alpha value is 0.147. The summed E-state index contributed by atoms with van der Waals surface area (Å²) in [6.45, 7) is 13.8. The van der Waals surface area contributed by atoms with Crippen LogP contribution in [-0.4, -0.2) is 78.2 Å². The van der Waals surface area contributed by atoms with Crippen LogP contribution in [0.2, 0.25) is 18.1 Å². The van der Waals surface area contributed by atoms with Crippen molar-refractivity contribution in [1.82, 2.24) is 0 Å². The van der Waals surface area contributed by atoms with Gasteiger partial charge in [-0.05, 0) is 31.0 Å². The Balaban J connectivity index is 1.96. The molecule has 0 saturated carbocycles. The Morgan fingerprint density at radius 2 is 1.80 bits per heavy atom. The molecule has 144 valence electrons. The molecule has 1 N–H and O–H groups in total. The Morgan fingerprint density at radius 3 is 2.32 bits per heavy atom. The standard InChI is InChI=1S/C17H36B2O5Si/c1-7-10-14(20)15(16(19)23-10)21-9-12-11(8-13(18)22-12)24-25(5,6)17(2,3)4/h10-16,20H,7-9,18-19H2,1-6H3/t10-,11-,12-,13-,14+,15?,16-/m1/s1. The van der Waals surface area contributed by atoms with Crippen LogP contribution in [0.1, 0.15) is 40.5 Å². The van der Waals surface area contributed by atoms with Crippen molar-refractivity contribution in [2.24, 2.45) is 0 Å². The molecule has 0 spiro atoms. The van der Waals surface area contributed by atoms with Gasteiger partial charge in [-0.3, -0.25) is 0 Å². The first-order valence-corrected chi connectivity index (χ1v) is 12.7. The summed E-state index contributed by atoms with van der Waals surface area (Å²) in [6.07, 6.45) is 0.674. The van der Waals surface area contributed by atoms with Gasteiger partial charge in [0.25, 0.3) is 0 Å². The smallest absolute Gasteiger partial charge is 0.192 e. The summed E-state index contributed by atoms with van der Waals surface area (Å²) in [7, 11) is 2.20. The van der Waals surface area contributed by atoms with Crippen LogP contribution in [0.25, 0.3) is 0 Å². The van der Waals surface area contributed by atoms with Crippen LogP contribution in [0.4, 0.5) is 0 Å². The molecule has 2 rings (SSSR count). The Bertz CT molecular complexity index is 445. The third-order valence-electron chi connectivity index (χ3n) is 6.06. The first kappa shape index (κ1) is 21.4. The minimum Gasteiger partial charge on any atom is -0.411 e. The molecule has 2 heterocycles. The number of aliphatic hydroxyl groups excluding tert-OH is 1. The molecule has 2 aliphatic rings. The summed E-state index contributed by atoms with van der Waals surface area (Å²) in [5.41, 5.74) is 0. The van der Waals surface area contributed by atoms with E-state index in [0.717, 1.165) is 12.8 Å². The van der Waals surface area contributed by atoms with Crippen molar-refractivity contribution in [3.63, 3.8) is 0 Å². The maximum atomic E-state index is 10.4. The Labute approximate surface area is 156 Å². The van der Waals surface area contributed by atoms with Gasteiger partial charge in [0.05, 0.1) is 24.8 Å². The van der Waals surface area contributed by atoms with Gasteiger partial charge in [0, 0.05) is 6.00 Å². The average Bonchev–Trinajstić information content (AvgIpc) is 2.95. The van der Waals surface area contributed by atoms with Gasteiger partial charge >= 0.3 is 0 Å². The number of rotatable bonds is 6. The lowest BCUT2D eigenvalue weighted by Crippen LogP contribution is -2.47. The summed E-state index contributed by atoms with van der Waals surface area (Å²) in [5, 5.41) is 10.6. The van der Waals surface area contributed by atoms with Crippen LogP contribution >= 0.6 is 0 Å². The average molecular weight is 370 g/mol. The Kier molecular flexibility index (Phi) is 6.89. The fourth-order valence-electron chi connectivity index (χ4n) is 3.45. The van der Waals surface area contributed by atoms with E-state index < -0.39 is 14.4 Å². The second-order valence-electron chi connectivity index (χ2n) is 9.21. The van der Waals surface area contributed by atoms with Crippen LogP contribution in [-0.2, 0) is 18.6 Å². The monoisotopic (exact) mass is 370 g/mol. The molecular weight excluding hydrogens is 334 g/mol. The third kappa shape index (κ3) is 4.90. The molecule has 2 saturated heterocycles. The van der Waals surface area contributed by atoms with Crippen molar-refractivity contribution in [1.29, 1.82) is 0 Å². The highest BCUT2D eigenvalue weighted by molar-refractivity contribution is 6.74. The zero-order valence-electron chi connectivity index (χ0n) is 17.2. The van der Waals surface area contributed by atoms with Gasteiger partial charge in [-0.2, -0.15) is 0 Å². The molecule has 0 bridgehead atoms. The van der Waals surface area contributed by atoms with Crippen molar-refractivity contribution in [2.75, 3.05) is 6.61 Å². The number of hydrogen-bond donors (Lipinski definition) is 1. The van der Waals surface area contributed by atoms with Crippen LogP contribution in [0.15, 0.2) is 0 Å². The largest absolute Gasteiger partial charge is 0.411 e. The van der Waals surface area contributed by atoms with E-state index in [1.165, 1.54) is 0 Å². The van der Waals surface area contributed by atoms with Crippen LogP contribution in [0.3, 0.4) is 0 Å². The van der Waals surface area contributed by atoms with E-state index in [-0.39, 0.29) is 41.5 Å². The van der Waals surface area contributed by atoms with E-state index in [1.54, 1.807) is 0 Å². The second kappa shape index (κ2) is 8.03. The van der Waals surface area contributed by atoms with E-state index in [1.807, 2.05) is 14.8 Å². The number of aliphatic hydroxyl groups is 1. The van der Waals surface area contributed by atoms with Gasteiger partial charge in [-0.25, -0.2) is 0 Å². The van der Waals surface area contributed by atoms with Gasteiger partial charge in [-0.1, -0.05) is 27.7 Å². The summed E-state index contributed by atoms with van der Waals surface area (Å²) in [4.78, 5) is 0. The van der Waals surface area contributed by atoms with Gasteiger partial charge in [0.15, 0.2) is 8.32 Å². The predicted molar refractivity (Wildman–Crippen MR) is 107 cm³/mol. The van der Waals surface area contributed by atoms with Crippen molar-refractivity contribution in [3.8, 4) is 0 Å². The van der Waals surface area contributed by atoms with E-state index >= 15 is 0 Å². The fourth-order valence-corrected chi connectivity index (χ4v) is 4.81. The first-order chi connectivity index (χ1) is 11.5. The predicted octanol–water partition coefficient (Wildman–Crippen LogP) is 0.639. The highest BCUT2D eigenvalue weighted by Gasteiger charge is 2.45. The molecule has 0 aromatic carbocycles. The third-order valence-corrected chi connectivity index (χ3v) is 10.6. The van der Waals surface area contributed by atoms with Gasteiger partial charge in [0.2, 0.25) is 0 Å². The van der Waals surface area contributed by atoms with Gasteiger partial charge < -0.3 is 23.7 Å². The minimum absolute atomic E-state index is 0.0626. The zero-order chi connectivity index (χ0) is 19.0. The van der Waals surface area contributed by atoms with Crippen LogP contribution in [0, 0.1) is 0 Å². The second-order valence-corrected chi connectivity index (χ2v) is 14.0. The van der Waals surface area contributed by atoms with Crippen molar-refractivity contribution < 1.29 is 23.7 Å². The summed E-state index contributed by atoms with van der Waals surface area (Å²) in [6, 6.07) is 0.0764. The highest BCUT2D eigenvalue weighted by atomic mass is 28.4. The lowest BCUT2D eigenvalue weighted by atomic mass is 9.92. The summed E-state index contributed by atoms with van der Waals surface area (Å²) in [5.74, 6) is 0. The molecule has 1 unspecified atom stereocenters. The molecule has 2 aliphatic heterocycles. The molecule has 25 heavy (non-hydrogen) atoms. The SMILES string of the molecule is B[C@@H]1O[C@H](CC)[C@H](O)C1OC[C@H]1O[C@@H](B)C[C@H]1O[Si](C)(C)C(C)(C)C. The molecule has 8 heteroatoms. The van der Waals surface area contributed by atoms with E-state index in [0.29, 0.717) is 6.61 Å². The van der Waals surface area contributed by atoms with Crippen LogP contribution < -0.4 is 0 Å². The van der Waals surface area contributed by atoms with E-state index in [2.05, 4.69) is 41.7 Å². The van der Waals surface area contributed by atoms with E-state index in [9.17, 15) is 5.11 Å². The summed E-state index contributed by atoms with van der Waals surface area (Å²) >= 11 is 0. The maximum absolute atomic E-state index is 10.4. The lowest BCUT2D eigenvalue weighted by molar-refractivity contribution is -0.0797. The molecular formula is C17H36B2O5Si. The molecule has 2 fully saturated rings. The molecule has 7 atom stereocenters. The van der Waals surface area contributed by atoms with Gasteiger partial charge in [0.1, 0.15) is 34.0 Å². The van der Waals surface area contributed by atoms with Crippen molar-refractivity contribution in [2.45, 2.75) is 101 Å². The van der Waals surface area contributed by atoms with Crippen LogP contribution in [0.5, 0.6) is 0 Å². The zero-order valence-corrected chi connectivity index (χ0v) is 18.2. The quantitative estimate of drug-likeness (QED) is 0.696.